The van der Waals surface area contributed by atoms with Crippen molar-refractivity contribution in [3.63, 3.8) is 0 Å². The van der Waals surface area contributed by atoms with E-state index in [1.807, 2.05) is 36.4 Å². The highest BCUT2D eigenvalue weighted by Crippen LogP contribution is 2.30. The Morgan fingerprint density at radius 2 is 1.73 bits per heavy atom. The van der Waals surface area contributed by atoms with Crippen molar-refractivity contribution in [1.29, 1.82) is 0 Å². The van der Waals surface area contributed by atoms with Crippen LogP contribution in [-0.2, 0) is 11.3 Å². The Hall–Kier alpha value is -3.16. The summed E-state index contributed by atoms with van der Waals surface area (Å²) >= 11 is 7.36. The number of hydrogen-bond acceptors (Lipinski definition) is 5. The normalized spacial score (nSPS) is 10.4. The van der Waals surface area contributed by atoms with Gasteiger partial charge < -0.3 is 19.7 Å². The van der Waals surface area contributed by atoms with Crippen molar-refractivity contribution >= 4 is 40.9 Å². The van der Waals surface area contributed by atoms with Crippen LogP contribution in [0.15, 0.2) is 71.6 Å². The van der Waals surface area contributed by atoms with Crippen LogP contribution in [0, 0.1) is 0 Å². The summed E-state index contributed by atoms with van der Waals surface area (Å²) in [6.07, 6.45) is 0. The predicted octanol–water partition coefficient (Wildman–Crippen LogP) is 5.36. The highest BCUT2D eigenvalue weighted by atomic mass is 35.5. The molecule has 2 amide bonds. The minimum atomic E-state index is -0.193. The van der Waals surface area contributed by atoms with Crippen molar-refractivity contribution in [2.75, 3.05) is 32.3 Å². The second-order valence-electron chi connectivity index (χ2n) is 7.19. The van der Waals surface area contributed by atoms with Gasteiger partial charge in [-0.15, -0.1) is 11.8 Å². The molecular weight excluding hydrogens is 460 g/mol. The molecule has 0 saturated carbocycles. The Morgan fingerprint density at radius 3 is 2.45 bits per heavy atom. The summed E-state index contributed by atoms with van der Waals surface area (Å²) in [5, 5.41) is 3.47. The molecule has 0 aromatic heterocycles. The molecule has 0 aliphatic carbocycles. The number of carbonyl (C=O) groups is 2. The van der Waals surface area contributed by atoms with Crippen LogP contribution in [0.1, 0.15) is 15.9 Å². The van der Waals surface area contributed by atoms with E-state index in [9.17, 15) is 9.59 Å². The summed E-state index contributed by atoms with van der Waals surface area (Å²) < 4.78 is 10.5. The predicted molar refractivity (Wildman–Crippen MR) is 133 cm³/mol. The highest BCUT2D eigenvalue weighted by Gasteiger charge is 2.17. The largest absolute Gasteiger partial charge is 0.493 e. The fourth-order valence-electron chi connectivity index (χ4n) is 3.21. The lowest BCUT2D eigenvalue weighted by molar-refractivity contribution is -0.113. The number of carbonyl (C=O) groups excluding carboxylic acids is 2. The van der Waals surface area contributed by atoms with Crippen molar-refractivity contribution in [2.45, 2.75) is 11.4 Å². The molecule has 0 unspecified atom stereocenters. The number of benzene rings is 3. The van der Waals surface area contributed by atoms with Gasteiger partial charge in [0.1, 0.15) is 0 Å². The van der Waals surface area contributed by atoms with Gasteiger partial charge in [0.2, 0.25) is 5.91 Å². The Morgan fingerprint density at radius 1 is 0.970 bits per heavy atom. The standard InChI is InChI=1S/C25H25ClN2O4S/c1-28(15-17-7-6-8-18(26)13-17)25(30)20-9-4-5-10-23(20)33-16-24(29)27-19-11-12-21(31-2)22(14-19)32-3/h4-14H,15-16H2,1-3H3,(H,27,29). The smallest absolute Gasteiger partial charge is 0.255 e. The number of thioether (sulfide) groups is 1. The van der Waals surface area contributed by atoms with Gasteiger partial charge in [0.15, 0.2) is 11.5 Å². The minimum absolute atomic E-state index is 0.127. The lowest BCUT2D eigenvalue weighted by atomic mass is 10.1. The molecule has 172 valence electrons. The molecule has 8 heteroatoms. The zero-order valence-corrected chi connectivity index (χ0v) is 20.2. The third-order valence-corrected chi connectivity index (χ3v) is 6.11. The van der Waals surface area contributed by atoms with Gasteiger partial charge in [-0.05, 0) is 42.0 Å². The van der Waals surface area contributed by atoms with Crippen LogP contribution >= 0.6 is 23.4 Å². The van der Waals surface area contributed by atoms with Gasteiger partial charge in [0, 0.05) is 35.3 Å². The van der Waals surface area contributed by atoms with Gasteiger partial charge in [0.25, 0.3) is 5.91 Å². The molecule has 0 aliphatic heterocycles. The van der Waals surface area contributed by atoms with Gasteiger partial charge >= 0.3 is 0 Å². The van der Waals surface area contributed by atoms with E-state index in [0.29, 0.717) is 34.3 Å². The number of amides is 2. The maximum atomic E-state index is 13.1. The first-order valence-corrected chi connectivity index (χ1v) is 11.5. The average Bonchev–Trinajstić information content (AvgIpc) is 2.82. The average molecular weight is 485 g/mol. The molecule has 6 nitrogen and oxygen atoms in total. The number of rotatable bonds is 9. The van der Waals surface area contributed by atoms with Gasteiger partial charge in [0.05, 0.1) is 25.5 Å². The van der Waals surface area contributed by atoms with E-state index in [-0.39, 0.29) is 17.6 Å². The molecular formula is C25H25ClN2O4S. The first kappa shape index (κ1) is 24.5. The maximum Gasteiger partial charge on any atom is 0.255 e. The molecule has 0 spiro atoms. The van der Waals surface area contributed by atoms with Crippen LogP contribution in [0.2, 0.25) is 5.02 Å². The third kappa shape index (κ3) is 6.66. The Labute approximate surface area is 202 Å². The topological polar surface area (TPSA) is 67.9 Å². The third-order valence-electron chi connectivity index (χ3n) is 4.80. The highest BCUT2D eigenvalue weighted by molar-refractivity contribution is 8.00. The van der Waals surface area contributed by atoms with Crippen LogP contribution in [0.25, 0.3) is 0 Å². The van der Waals surface area contributed by atoms with Crippen molar-refractivity contribution < 1.29 is 19.1 Å². The zero-order valence-electron chi connectivity index (χ0n) is 18.6. The van der Waals surface area contributed by atoms with Crippen LogP contribution < -0.4 is 14.8 Å². The van der Waals surface area contributed by atoms with E-state index >= 15 is 0 Å². The number of ether oxygens (including phenoxy) is 2. The van der Waals surface area contributed by atoms with Gasteiger partial charge in [-0.3, -0.25) is 9.59 Å². The molecule has 0 saturated heterocycles. The number of nitrogens with one attached hydrogen (secondary N) is 1. The van der Waals surface area contributed by atoms with E-state index in [1.165, 1.54) is 18.9 Å². The van der Waals surface area contributed by atoms with Crippen LogP contribution in [0.5, 0.6) is 11.5 Å². The van der Waals surface area contributed by atoms with Crippen molar-refractivity contribution in [3.8, 4) is 11.5 Å². The monoisotopic (exact) mass is 484 g/mol. The zero-order chi connectivity index (χ0) is 23.8. The van der Waals surface area contributed by atoms with Gasteiger partial charge in [-0.25, -0.2) is 0 Å². The molecule has 0 aliphatic rings. The van der Waals surface area contributed by atoms with E-state index in [1.54, 1.807) is 49.4 Å². The molecule has 0 atom stereocenters. The lowest BCUT2D eigenvalue weighted by Crippen LogP contribution is -2.26. The maximum absolute atomic E-state index is 13.1. The molecule has 0 heterocycles. The number of halogens is 1. The number of hydrogen-bond donors (Lipinski definition) is 1. The Bertz CT molecular complexity index is 1140. The molecule has 1 N–H and O–H groups in total. The second-order valence-corrected chi connectivity index (χ2v) is 8.65. The molecule has 33 heavy (non-hydrogen) atoms. The molecule has 0 radical (unpaired) electrons. The van der Waals surface area contributed by atoms with Crippen LogP contribution in [0.4, 0.5) is 5.69 Å². The lowest BCUT2D eigenvalue weighted by Gasteiger charge is -2.19. The number of methoxy groups -OCH3 is 2. The van der Waals surface area contributed by atoms with E-state index in [0.717, 1.165) is 10.5 Å². The van der Waals surface area contributed by atoms with E-state index < -0.39 is 0 Å². The van der Waals surface area contributed by atoms with Gasteiger partial charge in [-0.1, -0.05) is 35.9 Å². The summed E-state index contributed by atoms with van der Waals surface area (Å²) in [7, 11) is 4.84. The van der Waals surface area contributed by atoms with Gasteiger partial charge in [-0.2, -0.15) is 0 Å². The molecule has 3 aromatic carbocycles. The van der Waals surface area contributed by atoms with Crippen LogP contribution in [0.3, 0.4) is 0 Å². The van der Waals surface area contributed by atoms with Crippen molar-refractivity contribution in [2.24, 2.45) is 0 Å². The summed E-state index contributed by atoms with van der Waals surface area (Å²) in [5.41, 5.74) is 2.09. The second kappa shape index (κ2) is 11.6. The number of nitrogens with zero attached hydrogens (tertiary/aromatic N) is 1. The summed E-state index contributed by atoms with van der Waals surface area (Å²) in [6.45, 7) is 0.429. The SMILES string of the molecule is COc1ccc(NC(=O)CSc2ccccc2C(=O)N(C)Cc2cccc(Cl)c2)cc1OC. The van der Waals surface area contributed by atoms with Crippen molar-refractivity contribution in [1.82, 2.24) is 4.90 Å². The molecule has 3 rings (SSSR count). The fourth-order valence-corrected chi connectivity index (χ4v) is 4.27. The Kier molecular flexibility index (Phi) is 8.63. The first-order valence-electron chi connectivity index (χ1n) is 10.1. The molecule has 0 bridgehead atoms. The molecule has 0 fully saturated rings. The quantitative estimate of drug-likeness (QED) is 0.414. The molecule has 3 aromatic rings. The first-order chi connectivity index (χ1) is 15.9. The van der Waals surface area contributed by atoms with Crippen molar-refractivity contribution in [3.05, 3.63) is 82.9 Å². The van der Waals surface area contributed by atoms with Crippen LogP contribution in [-0.4, -0.2) is 43.7 Å². The van der Waals surface area contributed by atoms with E-state index in [2.05, 4.69) is 5.32 Å². The summed E-state index contributed by atoms with van der Waals surface area (Å²) in [6, 6.07) is 19.9. The van der Waals surface area contributed by atoms with E-state index in [4.69, 9.17) is 21.1 Å². The minimum Gasteiger partial charge on any atom is -0.493 e. The summed E-state index contributed by atoms with van der Waals surface area (Å²) in [4.78, 5) is 28.0. The Balaban J connectivity index is 1.64. The fraction of sp³-hybridized carbons (Fsp3) is 0.200. The number of anilines is 1. The summed E-state index contributed by atoms with van der Waals surface area (Å²) in [5.74, 6) is 0.942.